The van der Waals surface area contributed by atoms with E-state index in [0.717, 1.165) is 5.69 Å². The molecule has 1 aromatic rings. The van der Waals surface area contributed by atoms with Gasteiger partial charge in [0.2, 0.25) is 0 Å². The molecule has 1 fully saturated rings. The molecule has 0 unspecified atom stereocenters. The van der Waals surface area contributed by atoms with Crippen molar-refractivity contribution in [3.05, 3.63) is 41.4 Å². The van der Waals surface area contributed by atoms with Crippen LogP contribution in [0, 0.1) is 18.2 Å². The van der Waals surface area contributed by atoms with Crippen LogP contribution in [0.15, 0.2) is 30.0 Å². The molecule has 5 nitrogen and oxygen atoms in total. The SMILES string of the molecule is CNC/C=C(\C=N)OCCNCC1(F)CCN(c2ccc(F)c(C)c2)CC1. The van der Waals surface area contributed by atoms with Crippen LogP contribution in [0.25, 0.3) is 0 Å². The summed E-state index contributed by atoms with van der Waals surface area (Å²) in [5.41, 5.74) is 0.321. The quantitative estimate of drug-likeness (QED) is 0.332. The standard InChI is InChI=1S/C20H30F2N4O/c1-16-13-17(3-4-19(16)21)26-10-6-20(22,7-11-26)15-25-9-12-27-18(14-23)5-8-24-2/h3-5,13-14,23-25H,6-12,15H2,1-2H3/b18-5+,23-14?. The normalized spacial score (nSPS) is 17.0. The Hall–Kier alpha value is -1.99. The number of benzene rings is 1. The van der Waals surface area contributed by atoms with E-state index in [2.05, 4.69) is 15.5 Å². The number of hydrogen-bond acceptors (Lipinski definition) is 5. The molecule has 1 aliphatic heterocycles. The first-order valence-electron chi connectivity index (χ1n) is 9.36. The van der Waals surface area contributed by atoms with Gasteiger partial charge in [0.25, 0.3) is 0 Å². The van der Waals surface area contributed by atoms with Crippen LogP contribution in [0.1, 0.15) is 18.4 Å². The molecular weight excluding hydrogens is 350 g/mol. The first-order valence-corrected chi connectivity index (χ1v) is 9.36. The zero-order valence-corrected chi connectivity index (χ0v) is 16.2. The number of likely N-dealkylation sites (N-methyl/N-ethyl adjacent to an activating group) is 1. The van der Waals surface area contributed by atoms with Gasteiger partial charge in [0.15, 0.2) is 0 Å². The monoisotopic (exact) mass is 380 g/mol. The van der Waals surface area contributed by atoms with E-state index < -0.39 is 5.67 Å². The van der Waals surface area contributed by atoms with Crippen LogP contribution < -0.4 is 15.5 Å². The minimum Gasteiger partial charge on any atom is -0.491 e. The highest BCUT2D eigenvalue weighted by Gasteiger charge is 2.34. The molecule has 150 valence electrons. The van der Waals surface area contributed by atoms with Gasteiger partial charge in [0, 0.05) is 51.3 Å². The van der Waals surface area contributed by atoms with Gasteiger partial charge >= 0.3 is 0 Å². The number of halogens is 2. The number of hydrogen-bond donors (Lipinski definition) is 3. The minimum atomic E-state index is -1.24. The van der Waals surface area contributed by atoms with Gasteiger partial charge < -0.3 is 25.7 Å². The predicted octanol–water partition coefficient (Wildman–Crippen LogP) is 2.80. The van der Waals surface area contributed by atoms with Crippen molar-refractivity contribution in [1.29, 1.82) is 5.41 Å². The highest BCUT2D eigenvalue weighted by Crippen LogP contribution is 2.29. The average molecular weight is 380 g/mol. The Kier molecular flexibility index (Phi) is 8.19. The van der Waals surface area contributed by atoms with E-state index in [1.54, 1.807) is 19.1 Å². The van der Waals surface area contributed by atoms with E-state index in [0.29, 0.717) is 57.0 Å². The molecule has 1 aliphatic rings. The molecule has 1 saturated heterocycles. The maximum Gasteiger partial charge on any atom is 0.134 e. The summed E-state index contributed by atoms with van der Waals surface area (Å²) in [7, 11) is 1.82. The topological polar surface area (TPSA) is 60.4 Å². The zero-order chi connectivity index (χ0) is 19.7. The Morgan fingerprint density at radius 1 is 1.37 bits per heavy atom. The lowest BCUT2D eigenvalue weighted by molar-refractivity contribution is 0.119. The third kappa shape index (κ3) is 6.59. The number of rotatable bonds is 10. The summed E-state index contributed by atoms with van der Waals surface area (Å²) >= 11 is 0. The van der Waals surface area contributed by atoms with Crippen molar-refractivity contribution in [3.63, 3.8) is 0 Å². The third-order valence-electron chi connectivity index (χ3n) is 4.81. The van der Waals surface area contributed by atoms with E-state index in [-0.39, 0.29) is 12.4 Å². The molecule has 0 spiro atoms. The van der Waals surface area contributed by atoms with E-state index >= 15 is 0 Å². The fourth-order valence-corrected chi connectivity index (χ4v) is 3.08. The summed E-state index contributed by atoms with van der Waals surface area (Å²) < 4.78 is 33.9. The molecule has 27 heavy (non-hydrogen) atoms. The van der Waals surface area contributed by atoms with E-state index in [1.807, 2.05) is 13.1 Å². The fraction of sp³-hybridized carbons (Fsp3) is 0.550. The second-order valence-corrected chi connectivity index (χ2v) is 6.91. The van der Waals surface area contributed by atoms with Gasteiger partial charge in [-0.2, -0.15) is 0 Å². The van der Waals surface area contributed by atoms with E-state index in [1.165, 1.54) is 12.3 Å². The first-order chi connectivity index (χ1) is 13.0. The number of piperidine rings is 1. The maximum absolute atomic E-state index is 15.0. The van der Waals surface area contributed by atoms with Crippen molar-refractivity contribution >= 4 is 11.9 Å². The lowest BCUT2D eigenvalue weighted by Crippen LogP contribution is -2.47. The predicted molar refractivity (Wildman–Crippen MR) is 106 cm³/mol. The molecule has 0 bridgehead atoms. The highest BCUT2D eigenvalue weighted by molar-refractivity contribution is 5.72. The second-order valence-electron chi connectivity index (χ2n) is 6.91. The van der Waals surface area contributed by atoms with Crippen LogP contribution in [-0.2, 0) is 4.74 Å². The summed E-state index contributed by atoms with van der Waals surface area (Å²) in [6, 6.07) is 5.04. The lowest BCUT2D eigenvalue weighted by Gasteiger charge is -2.38. The molecule has 0 atom stereocenters. The van der Waals surface area contributed by atoms with Gasteiger partial charge in [-0.25, -0.2) is 8.78 Å². The van der Waals surface area contributed by atoms with Crippen molar-refractivity contribution in [3.8, 4) is 0 Å². The summed E-state index contributed by atoms with van der Waals surface area (Å²) in [6.07, 6.45) is 3.83. The molecule has 0 aromatic heterocycles. The zero-order valence-electron chi connectivity index (χ0n) is 16.2. The largest absolute Gasteiger partial charge is 0.491 e. The fourth-order valence-electron chi connectivity index (χ4n) is 3.08. The molecule has 1 heterocycles. The van der Waals surface area contributed by atoms with Gasteiger partial charge in [-0.1, -0.05) is 0 Å². The summed E-state index contributed by atoms with van der Waals surface area (Å²) in [4.78, 5) is 2.11. The second kappa shape index (κ2) is 10.4. The molecule has 0 amide bonds. The van der Waals surface area contributed by atoms with Crippen molar-refractivity contribution < 1.29 is 13.5 Å². The van der Waals surface area contributed by atoms with Gasteiger partial charge in [0.05, 0.1) is 6.21 Å². The van der Waals surface area contributed by atoms with Crippen molar-refractivity contribution in [1.82, 2.24) is 10.6 Å². The van der Waals surface area contributed by atoms with Gasteiger partial charge in [0.1, 0.15) is 23.9 Å². The lowest BCUT2D eigenvalue weighted by atomic mass is 9.92. The van der Waals surface area contributed by atoms with Crippen LogP contribution in [0.4, 0.5) is 14.5 Å². The highest BCUT2D eigenvalue weighted by atomic mass is 19.1. The molecule has 2 rings (SSSR count). The number of nitrogens with zero attached hydrogens (tertiary/aromatic N) is 1. The summed E-state index contributed by atoms with van der Waals surface area (Å²) in [5, 5.41) is 13.3. The van der Waals surface area contributed by atoms with Gasteiger partial charge in [-0.3, -0.25) is 0 Å². The molecule has 0 radical (unpaired) electrons. The van der Waals surface area contributed by atoms with Crippen molar-refractivity contribution in [2.45, 2.75) is 25.4 Å². The molecule has 0 saturated carbocycles. The summed E-state index contributed by atoms with van der Waals surface area (Å²) in [6.45, 7) is 4.81. The Labute approximate surface area is 160 Å². The van der Waals surface area contributed by atoms with Gasteiger partial charge in [-0.15, -0.1) is 0 Å². The van der Waals surface area contributed by atoms with Crippen molar-refractivity contribution in [2.24, 2.45) is 0 Å². The van der Waals surface area contributed by atoms with Crippen LogP contribution in [0.5, 0.6) is 0 Å². The Balaban J connectivity index is 1.71. The summed E-state index contributed by atoms with van der Waals surface area (Å²) in [5.74, 6) is 0.290. The number of aryl methyl sites for hydroxylation is 1. The van der Waals surface area contributed by atoms with Gasteiger partial charge in [-0.05, 0) is 43.8 Å². The third-order valence-corrected chi connectivity index (χ3v) is 4.81. The Morgan fingerprint density at radius 3 is 2.74 bits per heavy atom. The van der Waals surface area contributed by atoms with Crippen LogP contribution >= 0.6 is 0 Å². The van der Waals surface area contributed by atoms with E-state index in [4.69, 9.17) is 10.1 Å². The van der Waals surface area contributed by atoms with E-state index in [9.17, 15) is 8.78 Å². The number of anilines is 1. The number of alkyl halides is 1. The maximum atomic E-state index is 15.0. The Bertz CT molecular complexity index is 643. The molecular formula is C20H30F2N4O. The molecule has 7 heteroatoms. The van der Waals surface area contributed by atoms with Crippen LogP contribution in [-0.4, -0.2) is 58.3 Å². The number of allylic oxidation sites excluding steroid dienone is 1. The minimum absolute atomic E-state index is 0.214. The van der Waals surface area contributed by atoms with Crippen LogP contribution in [0.3, 0.4) is 0 Å². The number of nitrogens with one attached hydrogen (secondary N) is 3. The average Bonchev–Trinajstić information content (AvgIpc) is 2.67. The molecule has 1 aromatic carbocycles. The Morgan fingerprint density at radius 2 is 2.11 bits per heavy atom. The number of ether oxygens (including phenoxy) is 1. The smallest absolute Gasteiger partial charge is 0.134 e. The molecule has 3 N–H and O–H groups in total. The van der Waals surface area contributed by atoms with Crippen LogP contribution in [0.2, 0.25) is 0 Å². The van der Waals surface area contributed by atoms with Crippen molar-refractivity contribution in [2.75, 3.05) is 51.3 Å². The first kappa shape index (κ1) is 21.3. The molecule has 0 aliphatic carbocycles.